The average molecular weight is 284 g/mol. The second-order valence-electron chi connectivity index (χ2n) is 5.60. The third-order valence-electron chi connectivity index (χ3n) is 4.28. The van der Waals surface area contributed by atoms with Crippen LogP contribution in [0.3, 0.4) is 0 Å². The SMILES string of the molecule is CC1=C(C)C(C(N)=O)C(Cc2ccccc2)(C(N)=O)C=C1. The van der Waals surface area contributed by atoms with Crippen LogP contribution in [0.2, 0.25) is 0 Å². The van der Waals surface area contributed by atoms with Gasteiger partial charge in [-0.25, -0.2) is 0 Å². The first kappa shape index (κ1) is 15.0. The molecule has 0 radical (unpaired) electrons. The molecule has 4 heteroatoms. The predicted octanol–water partition coefficient (Wildman–Crippen LogP) is 1.71. The second kappa shape index (κ2) is 5.56. The van der Waals surface area contributed by atoms with E-state index in [1.165, 1.54) is 0 Å². The molecule has 1 aliphatic carbocycles. The molecule has 2 unspecified atom stereocenters. The van der Waals surface area contributed by atoms with Crippen molar-refractivity contribution in [2.75, 3.05) is 0 Å². The first-order valence-electron chi connectivity index (χ1n) is 6.88. The Bertz CT molecular complexity index is 631. The summed E-state index contributed by atoms with van der Waals surface area (Å²) in [5.41, 5.74) is 12.8. The van der Waals surface area contributed by atoms with Crippen molar-refractivity contribution in [3.05, 3.63) is 59.2 Å². The molecule has 4 N–H and O–H groups in total. The van der Waals surface area contributed by atoms with Crippen LogP contribution in [0.1, 0.15) is 19.4 Å². The Morgan fingerprint density at radius 1 is 1.14 bits per heavy atom. The number of carbonyl (C=O) groups excluding carboxylic acids is 2. The molecular formula is C17H20N2O2. The first-order chi connectivity index (χ1) is 9.88. The topological polar surface area (TPSA) is 86.2 Å². The molecule has 2 rings (SSSR count). The molecule has 110 valence electrons. The lowest BCUT2D eigenvalue weighted by molar-refractivity contribution is -0.134. The first-order valence-corrected chi connectivity index (χ1v) is 6.88. The lowest BCUT2D eigenvalue weighted by Crippen LogP contribution is -2.50. The fourth-order valence-corrected chi connectivity index (χ4v) is 2.99. The van der Waals surface area contributed by atoms with Crippen LogP contribution < -0.4 is 11.5 Å². The molecular weight excluding hydrogens is 264 g/mol. The Morgan fingerprint density at radius 2 is 1.76 bits per heavy atom. The number of rotatable bonds is 4. The quantitative estimate of drug-likeness (QED) is 0.881. The number of primary amides is 2. The highest BCUT2D eigenvalue weighted by Gasteiger charge is 2.47. The monoisotopic (exact) mass is 284 g/mol. The van der Waals surface area contributed by atoms with Crippen LogP contribution in [-0.4, -0.2) is 11.8 Å². The van der Waals surface area contributed by atoms with Gasteiger partial charge in [-0.15, -0.1) is 0 Å². The molecule has 0 heterocycles. The van der Waals surface area contributed by atoms with Gasteiger partial charge in [0.15, 0.2) is 0 Å². The molecule has 1 aromatic rings. The molecule has 0 aliphatic heterocycles. The summed E-state index contributed by atoms with van der Waals surface area (Å²) >= 11 is 0. The molecule has 1 aromatic carbocycles. The van der Waals surface area contributed by atoms with E-state index < -0.39 is 23.1 Å². The largest absolute Gasteiger partial charge is 0.369 e. The van der Waals surface area contributed by atoms with Gasteiger partial charge >= 0.3 is 0 Å². The van der Waals surface area contributed by atoms with E-state index in [0.29, 0.717) is 6.42 Å². The third-order valence-corrected chi connectivity index (χ3v) is 4.28. The van der Waals surface area contributed by atoms with Crippen LogP contribution in [0.15, 0.2) is 53.6 Å². The lowest BCUT2D eigenvalue weighted by atomic mass is 9.64. The van der Waals surface area contributed by atoms with Crippen LogP contribution >= 0.6 is 0 Å². The molecule has 2 amide bonds. The minimum atomic E-state index is -1.10. The number of hydrogen-bond donors (Lipinski definition) is 2. The van der Waals surface area contributed by atoms with E-state index in [-0.39, 0.29) is 0 Å². The summed E-state index contributed by atoms with van der Waals surface area (Å²) in [5.74, 6) is -1.76. The predicted molar refractivity (Wildman–Crippen MR) is 82.0 cm³/mol. The highest BCUT2D eigenvalue weighted by molar-refractivity contribution is 5.93. The second-order valence-corrected chi connectivity index (χ2v) is 5.60. The Balaban J connectivity index is 2.54. The van der Waals surface area contributed by atoms with E-state index in [9.17, 15) is 9.59 Å². The van der Waals surface area contributed by atoms with Crippen molar-refractivity contribution in [3.8, 4) is 0 Å². The molecule has 2 atom stereocenters. The van der Waals surface area contributed by atoms with Crippen molar-refractivity contribution < 1.29 is 9.59 Å². The van der Waals surface area contributed by atoms with Crippen molar-refractivity contribution in [2.24, 2.45) is 22.8 Å². The van der Waals surface area contributed by atoms with Gasteiger partial charge in [0, 0.05) is 0 Å². The molecule has 0 spiro atoms. The van der Waals surface area contributed by atoms with Gasteiger partial charge in [-0.05, 0) is 25.8 Å². The van der Waals surface area contributed by atoms with E-state index in [1.54, 1.807) is 6.08 Å². The van der Waals surface area contributed by atoms with E-state index in [1.807, 2.05) is 50.3 Å². The third kappa shape index (κ3) is 2.61. The van der Waals surface area contributed by atoms with Gasteiger partial charge in [0.2, 0.25) is 11.8 Å². The molecule has 0 aromatic heterocycles. The van der Waals surface area contributed by atoms with E-state index in [0.717, 1.165) is 16.7 Å². The maximum atomic E-state index is 12.2. The minimum Gasteiger partial charge on any atom is -0.369 e. The summed E-state index contributed by atoms with van der Waals surface area (Å²) in [6, 6.07) is 9.51. The average Bonchev–Trinajstić information content (AvgIpc) is 2.43. The Kier molecular flexibility index (Phi) is 3.98. The van der Waals surface area contributed by atoms with Crippen LogP contribution in [-0.2, 0) is 16.0 Å². The smallest absolute Gasteiger partial charge is 0.228 e. The molecule has 0 saturated carbocycles. The molecule has 1 aliphatic rings. The summed E-state index contributed by atoms with van der Waals surface area (Å²) in [6.07, 6.45) is 3.94. The zero-order valence-corrected chi connectivity index (χ0v) is 12.3. The summed E-state index contributed by atoms with van der Waals surface area (Å²) in [4.78, 5) is 24.2. The van der Waals surface area contributed by atoms with Gasteiger partial charge in [-0.2, -0.15) is 0 Å². The molecule has 21 heavy (non-hydrogen) atoms. The maximum absolute atomic E-state index is 12.2. The van der Waals surface area contributed by atoms with Crippen molar-refractivity contribution in [2.45, 2.75) is 20.3 Å². The zero-order chi connectivity index (χ0) is 15.6. The van der Waals surface area contributed by atoms with Crippen LogP contribution in [0, 0.1) is 11.3 Å². The van der Waals surface area contributed by atoms with E-state index in [4.69, 9.17) is 11.5 Å². The van der Waals surface area contributed by atoms with Gasteiger partial charge in [0.05, 0.1) is 11.3 Å². The van der Waals surface area contributed by atoms with Gasteiger partial charge in [-0.1, -0.05) is 53.6 Å². The standard InChI is InChI=1S/C17H20N2O2/c1-11-8-9-17(16(19)21,14(12(11)2)15(18)20)10-13-6-4-3-5-7-13/h3-9,14H,10H2,1-2H3,(H2,18,20)(H2,19,21). The van der Waals surface area contributed by atoms with Gasteiger partial charge in [-0.3, -0.25) is 9.59 Å². The number of benzene rings is 1. The molecule has 0 bridgehead atoms. The Hall–Kier alpha value is -2.36. The summed E-state index contributed by atoms with van der Waals surface area (Å²) in [6.45, 7) is 3.73. The minimum absolute atomic E-state index is 0.359. The van der Waals surface area contributed by atoms with Crippen molar-refractivity contribution >= 4 is 11.8 Å². The number of hydrogen-bond acceptors (Lipinski definition) is 2. The van der Waals surface area contributed by atoms with Crippen LogP contribution in [0.5, 0.6) is 0 Å². The number of nitrogens with two attached hydrogens (primary N) is 2. The van der Waals surface area contributed by atoms with Crippen molar-refractivity contribution in [3.63, 3.8) is 0 Å². The number of amides is 2. The zero-order valence-electron chi connectivity index (χ0n) is 12.3. The van der Waals surface area contributed by atoms with Crippen LogP contribution in [0.25, 0.3) is 0 Å². The summed E-state index contributed by atoms with van der Waals surface area (Å²) in [5, 5.41) is 0. The Morgan fingerprint density at radius 3 is 2.29 bits per heavy atom. The highest BCUT2D eigenvalue weighted by atomic mass is 16.2. The highest BCUT2D eigenvalue weighted by Crippen LogP contribution is 2.42. The normalized spacial score (nSPS) is 25.0. The van der Waals surface area contributed by atoms with Gasteiger partial charge < -0.3 is 11.5 Å². The summed E-state index contributed by atoms with van der Waals surface area (Å²) in [7, 11) is 0. The molecule has 0 saturated heterocycles. The fourth-order valence-electron chi connectivity index (χ4n) is 2.99. The van der Waals surface area contributed by atoms with Gasteiger partial charge in [0.25, 0.3) is 0 Å². The van der Waals surface area contributed by atoms with E-state index >= 15 is 0 Å². The maximum Gasteiger partial charge on any atom is 0.228 e. The molecule has 0 fully saturated rings. The van der Waals surface area contributed by atoms with E-state index in [2.05, 4.69) is 0 Å². The van der Waals surface area contributed by atoms with Crippen LogP contribution in [0.4, 0.5) is 0 Å². The van der Waals surface area contributed by atoms with Gasteiger partial charge in [0.1, 0.15) is 0 Å². The molecule has 4 nitrogen and oxygen atoms in total. The summed E-state index contributed by atoms with van der Waals surface area (Å²) < 4.78 is 0. The number of carbonyl (C=O) groups is 2. The Labute approximate surface area is 124 Å². The number of allylic oxidation sites excluding steroid dienone is 2. The van der Waals surface area contributed by atoms with Crippen molar-refractivity contribution in [1.29, 1.82) is 0 Å². The lowest BCUT2D eigenvalue weighted by Gasteiger charge is -2.38. The fraction of sp³-hybridized carbons (Fsp3) is 0.294. The van der Waals surface area contributed by atoms with Crippen molar-refractivity contribution in [1.82, 2.24) is 0 Å².